The van der Waals surface area contributed by atoms with Crippen molar-refractivity contribution in [2.24, 2.45) is 0 Å². The van der Waals surface area contributed by atoms with Crippen LogP contribution in [0.4, 0.5) is 0 Å². The zero-order valence-electron chi connectivity index (χ0n) is 10.0. The molecule has 1 saturated heterocycles. The summed E-state index contributed by atoms with van der Waals surface area (Å²) in [7, 11) is 0. The number of nitrogens with one attached hydrogen (secondary N) is 1. The van der Waals surface area contributed by atoms with Crippen LogP contribution in [0.25, 0.3) is 0 Å². The monoisotopic (exact) mass is 282 g/mol. The van der Waals surface area contributed by atoms with Gasteiger partial charge in [0.1, 0.15) is 0 Å². The van der Waals surface area contributed by atoms with Gasteiger partial charge in [-0.3, -0.25) is 4.90 Å². The minimum atomic E-state index is 1.08. The Labute approximate surface area is 106 Å². The van der Waals surface area contributed by atoms with Crippen LogP contribution < -0.4 is 5.32 Å². The number of rotatable bonds is 2. The van der Waals surface area contributed by atoms with Crippen molar-refractivity contribution >= 4 is 15.9 Å². The molecule has 2 rings (SSSR count). The molecule has 0 aliphatic carbocycles. The maximum Gasteiger partial charge on any atom is 0.0237 e. The highest BCUT2D eigenvalue weighted by Gasteiger charge is 2.12. The quantitative estimate of drug-likeness (QED) is 0.897. The smallest absolute Gasteiger partial charge is 0.0237 e. The van der Waals surface area contributed by atoms with Crippen molar-refractivity contribution in [3.05, 3.63) is 33.3 Å². The Bertz CT molecular complexity index is 370. The van der Waals surface area contributed by atoms with E-state index in [0.29, 0.717) is 0 Å². The molecule has 1 aromatic carbocycles. The Balaban J connectivity index is 2.11. The highest BCUT2D eigenvalue weighted by atomic mass is 79.9. The molecule has 1 aliphatic heterocycles. The molecule has 1 aromatic rings. The Kier molecular flexibility index (Phi) is 4.00. The van der Waals surface area contributed by atoms with Crippen LogP contribution in [0, 0.1) is 13.8 Å². The number of nitrogens with zero attached hydrogens (tertiary/aromatic N) is 1. The molecule has 1 aliphatic rings. The summed E-state index contributed by atoms with van der Waals surface area (Å²) in [5.74, 6) is 0. The van der Waals surface area contributed by atoms with Crippen molar-refractivity contribution in [2.75, 3.05) is 26.2 Å². The average Bonchev–Trinajstić information content (AvgIpc) is 2.31. The van der Waals surface area contributed by atoms with Gasteiger partial charge in [0.15, 0.2) is 0 Å². The number of hydrogen-bond donors (Lipinski definition) is 1. The SMILES string of the molecule is Cc1ccc(CN2CCNCC2)c(C)c1Br. The lowest BCUT2D eigenvalue weighted by atomic mass is 10.1. The summed E-state index contributed by atoms with van der Waals surface area (Å²) < 4.78 is 1.26. The number of hydrogen-bond acceptors (Lipinski definition) is 2. The predicted molar refractivity (Wildman–Crippen MR) is 71.8 cm³/mol. The summed E-state index contributed by atoms with van der Waals surface area (Å²) in [5.41, 5.74) is 4.15. The van der Waals surface area contributed by atoms with Crippen molar-refractivity contribution in [3.63, 3.8) is 0 Å². The standard InChI is InChI=1S/C13H19BrN2/c1-10-3-4-12(11(2)13(10)14)9-16-7-5-15-6-8-16/h3-4,15H,5-9H2,1-2H3. The van der Waals surface area contributed by atoms with E-state index >= 15 is 0 Å². The van der Waals surface area contributed by atoms with E-state index in [-0.39, 0.29) is 0 Å². The first kappa shape index (κ1) is 12.1. The van der Waals surface area contributed by atoms with Crippen molar-refractivity contribution in [1.29, 1.82) is 0 Å². The van der Waals surface area contributed by atoms with Gasteiger partial charge in [0.25, 0.3) is 0 Å². The van der Waals surface area contributed by atoms with E-state index in [1.807, 2.05) is 0 Å². The Morgan fingerprint density at radius 3 is 2.62 bits per heavy atom. The first-order valence-electron chi connectivity index (χ1n) is 5.86. The van der Waals surface area contributed by atoms with Gasteiger partial charge in [-0.25, -0.2) is 0 Å². The van der Waals surface area contributed by atoms with E-state index in [4.69, 9.17) is 0 Å². The average molecular weight is 283 g/mol. The molecule has 0 amide bonds. The molecule has 2 nitrogen and oxygen atoms in total. The number of benzene rings is 1. The van der Waals surface area contributed by atoms with Crippen LogP contribution in [-0.2, 0) is 6.54 Å². The second-order valence-corrected chi connectivity index (χ2v) is 5.30. The first-order valence-corrected chi connectivity index (χ1v) is 6.65. The molecule has 0 radical (unpaired) electrons. The van der Waals surface area contributed by atoms with Crippen molar-refractivity contribution in [2.45, 2.75) is 20.4 Å². The van der Waals surface area contributed by atoms with Crippen LogP contribution in [0.1, 0.15) is 16.7 Å². The van der Waals surface area contributed by atoms with Gasteiger partial charge in [-0.05, 0) is 30.5 Å². The molecule has 0 unspecified atom stereocenters. The maximum absolute atomic E-state index is 3.66. The van der Waals surface area contributed by atoms with Crippen LogP contribution in [0.15, 0.2) is 16.6 Å². The zero-order chi connectivity index (χ0) is 11.5. The topological polar surface area (TPSA) is 15.3 Å². The molecular weight excluding hydrogens is 264 g/mol. The lowest BCUT2D eigenvalue weighted by Crippen LogP contribution is -2.43. The molecule has 0 bridgehead atoms. The van der Waals surface area contributed by atoms with E-state index in [0.717, 1.165) is 32.7 Å². The fourth-order valence-corrected chi connectivity index (χ4v) is 2.53. The highest BCUT2D eigenvalue weighted by Crippen LogP contribution is 2.24. The molecule has 1 N–H and O–H groups in total. The minimum Gasteiger partial charge on any atom is -0.314 e. The van der Waals surface area contributed by atoms with Crippen LogP contribution in [0.5, 0.6) is 0 Å². The maximum atomic E-state index is 3.66. The second kappa shape index (κ2) is 5.30. The van der Waals surface area contributed by atoms with Crippen LogP contribution in [0.3, 0.4) is 0 Å². The summed E-state index contributed by atoms with van der Waals surface area (Å²) in [6.45, 7) is 9.97. The summed E-state index contributed by atoms with van der Waals surface area (Å²) >= 11 is 3.66. The van der Waals surface area contributed by atoms with Gasteiger partial charge in [-0.2, -0.15) is 0 Å². The molecule has 16 heavy (non-hydrogen) atoms. The lowest BCUT2D eigenvalue weighted by molar-refractivity contribution is 0.233. The van der Waals surface area contributed by atoms with Gasteiger partial charge < -0.3 is 5.32 Å². The van der Waals surface area contributed by atoms with E-state index in [2.05, 4.69) is 52.1 Å². The third-order valence-electron chi connectivity index (χ3n) is 3.30. The van der Waals surface area contributed by atoms with E-state index < -0.39 is 0 Å². The number of aryl methyl sites for hydroxylation is 1. The van der Waals surface area contributed by atoms with Gasteiger partial charge in [-0.1, -0.05) is 28.1 Å². The largest absolute Gasteiger partial charge is 0.314 e. The zero-order valence-corrected chi connectivity index (χ0v) is 11.6. The molecule has 3 heteroatoms. The third kappa shape index (κ3) is 2.65. The Morgan fingerprint density at radius 1 is 1.25 bits per heavy atom. The number of piperazine rings is 1. The Hall–Kier alpha value is -0.380. The second-order valence-electron chi connectivity index (χ2n) is 4.51. The highest BCUT2D eigenvalue weighted by molar-refractivity contribution is 9.10. The first-order chi connectivity index (χ1) is 7.68. The fourth-order valence-electron chi connectivity index (χ4n) is 2.14. The molecule has 1 heterocycles. The molecule has 0 saturated carbocycles. The van der Waals surface area contributed by atoms with Crippen molar-refractivity contribution < 1.29 is 0 Å². The fraction of sp³-hybridized carbons (Fsp3) is 0.538. The summed E-state index contributed by atoms with van der Waals surface area (Å²) in [6, 6.07) is 4.46. The van der Waals surface area contributed by atoms with Gasteiger partial charge in [0.2, 0.25) is 0 Å². The summed E-state index contributed by atoms with van der Waals surface area (Å²) in [6.07, 6.45) is 0. The van der Waals surface area contributed by atoms with Crippen LogP contribution >= 0.6 is 15.9 Å². The van der Waals surface area contributed by atoms with Crippen LogP contribution in [-0.4, -0.2) is 31.1 Å². The van der Waals surface area contributed by atoms with Gasteiger partial charge in [0.05, 0.1) is 0 Å². The number of halogens is 1. The van der Waals surface area contributed by atoms with Gasteiger partial charge >= 0.3 is 0 Å². The third-order valence-corrected chi connectivity index (χ3v) is 4.52. The molecule has 1 fully saturated rings. The minimum absolute atomic E-state index is 1.08. The van der Waals surface area contributed by atoms with Gasteiger partial charge in [0, 0.05) is 37.2 Å². The van der Waals surface area contributed by atoms with Crippen molar-refractivity contribution in [3.8, 4) is 0 Å². The predicted octanol–water partition coefficient (Wildman–Crippen LogP) is 2.47. The lowest BCUT2D eigenvalue weighted by Gasteiger charge is -2.28. The van der Waals surface area contributed by atoms with E-state index in [1.165, 1.54) is 21.2 Å². The molecular formula is C13H19BrN2. The van der Waals surface area contributed by atoms with Crippen LogP contribution in [0.2, 0.25) is 0 Å². The van der Waals surface area contributed by atoms with Gasteiger partial charge in [-0.15, -0.1) is 0 Å². The van der Waals surface area contributed by atoms with E-state index in [1.54, 1.807) is 0 Å². The molecule has 0 spiro atoms. The molecule has 0 atom stereocenters. The summed E-state index contributed by atoms with van der Waals surface area (Å²) in [5, 5.41) is 3.38. The van der Waals surface area contributed by atoms with E-state index in [9.17, 15) is 0 Å². The van der Waals surface area contributed by atoms with Crippen molar-refractivity contribution in [1.82, 2.24) is 10.2 Å². The molecule has 88 valence electrons. The summed E-state index contributed by atoms with van der Waals surface area (Å²) in [4.78, 5) is 2.51. The Morgan fingerprint density at radius 2 is 1.94 bits per heavy atom. The normalized spacial score (nSPS) is 17.7. The molecule has 0 aromatic heterocycles.